The highest BCUT2D eigenvalue weighted by Gasteiger charge is 2.05. The third-order valence-corrected chi connectivity index (χ3v) is 4.24. The Morgan fingerprint density at radius 2 is 1.88 bits per heavy atom. The molecule has 0 atom stereocenters. The molecule has 0 radical (unpaired) electrons. The molecule has 0 amide bonds. The Hall–Kier alpha value is -2.37. The maximum absolute atomic E-state index is 5.91. The van der Waals surface area contributed by atoms with Gasteiger partial charge in [0.1, 0.15) is 0 Å². The second-order valence-corrected chi connectivity index (χ2v) is 6.80. The van der Waals surface area contributed by atoms with Crippen LogP contribution in [0.15, 0.2) is 54.9 Å². The lowest BCUT2D eigenvalue weighted by atomic mass is 10.1. The van der Waals surface area contributed by atoms with E-state index in [4.69, 9.17) is 23.8 Å². The topological polar surface area (TPSA) is 41.9 Å². The van der Waals surface area contributed by atoms with E-state index in [9.17, 15) is 0 Å². The lowest BCUT2D eigenvalue weighted by Gasteiger charge is -2.11. The molecule has 0 unspecified atom stereocenters. The minimum absolute atomic E-state index is 0.540. The summed E-state index contributed by atoms with van der Waals surface area (Å²) in [4.78, 5) is 0. The molecule has 0 aliphatic carbocycles. The molecule has 2 N–H and O–H groups in total. The van der Waals surface area contributed by atoms with Crippen LogP contribution in [-0.4, -0.2) is 14.9 Å². The monoisotopic (exact) mass is 370 g/mol. The first-order valence-electron chi connectivity index (χ1n) is 7.92. The lowest BCUT2D eigenvalue weighted by Crippen LogP contribution is -2.19. The number of anilines is 2. The van der Waals surface area contributed by atoms with Crippen molar-refractivity contribution in [3.8, 4) is 0 Å². The van der Waals surface area contributed by atoms with Gasteiger partial charge in [-0.15, -0.1) is 0 Å². The minimum atomic E-state index is 0.540. The summed E-state index contributed by atoms with van der Waals surface area (Å²) in [6.45, 7) is 4.81. The van der Waals surface area contributed by atoms with Crippen LogP contribution in [-0.2, 0) is 6.54 Å². The molecule has 25 heavy (non-hydrogen) atoms. The summed E-state index contributed by atoms with van der Waals surface area (Å²) in [5.74, 6) is 0. The van der Waals surface area contributed by atoms with Crippen molar-refractivity contribution in [2.24, 2.45) is 0 Å². The molecule has 6 heteroatoms. The quantitative estimate of drug-likeness (QED) is 0.633. The van der Waals surface area contributed by atoms with Gasteiger partial charge < -0.3 is 10.6 Å². The number of aromatic nitrogens is 2. The molecular weight excluding hydrogens is 352 g/mol. The molecule has 0 bridgehead atoms. The zero-order valence-electron chi connectivity index (χ0n) is 14.1. The lowest BCUT2D eigenvalue weighted by molar-refractivity contribution is 0.687. The van der Waals surface area contributed by atoms with Crippen molar-refractivity contribution in [3.63, 3.8) is 0 Å². The van der Waals surface area contributed by atoms with E-state index in [0.717, 1.165) is 27.5 Å². The molecule has 3 rings (SSSR count). The Kier molecular flexibility index (Phi) is 5.36. The highest BCUT2D eigenvalue weighted by Crippen LogP contribution is 2.17. The molecular formula is C19H19ClN4S. The van der Waals surface area contributed by atoms with Gasteiger partial charge in [0.25, 0.3) is 0 Å². The van der Waals surface area contributed by atoms with Crippen molar-refractivity contribution < 1.29 is 0 Å². The average molecular weight is 371 g/mol. The first-order chi connectivity index (χ1) is 12.0. The van der Waals surface area contributed by atoms with E-state index in [0.29, 0.717) is 11.7 Å². The largest absolute Gasteiger partial charge is 0.332 e. The second-order valence-electron chi connectivity index (χ2n) is 5.95. The van der Waals surface area contributed by atoms with Crippen LogP contribution in [0.25, 0.3) is 0 Å². The van der Waals surface area contributed by atoms with Crippen molar-refractivity contribution in [2.75, 3.05) is 10.6 Å². The van der Waals surface area contributed by atoms with E-state index >= 15 is 0 Å². The third-order valence-electron chi connectivity index (χ3n) is 3.78. The number of hydrogen-bond acceptors (Lipinski definition) is 2. The number of aryl methyl sites for hydroxylation is 2. The molecule has 4 nitrogen and oxygen atoms in total. The molecule has 0 saturated heterocycles. The van der Waals surface area contributed by atoms with Crippen LogP contribution in [0.3, 0.4) is 0 Å². The van der Waals surface area contributed by atoms with Crippen LogP contribution in [0.4, 0.5) is 11.4 Å². The normalized spacial score (nSPS) is 10.5. The van der Waals surface area contributed by atoms with Gasteiger partial charge in [0.2, 0.25) is 0 Å². The summed E-state index contributed by atoms with van der Waals surface area (Å²) in [5, 5.41) is 12.0. The molecule has 0 aliphatic rings. The van der Waals surface area contributed by atoms with Crippen LogP contribution in [0, 0.1) is 13.8 Å². The van der Waals surface area contributed by atoms with Gasteiger partial charge in [-0.25, -0.2) is 0 Å². The molecule has 128 valence electrons. The Morgan fingerprint density at radius 3 is 2.60 bits per heavy atom. The van der Waals surface area contributed by atoms with Gasteiger partial charge in [-0.2, -0.15) is 5.10 Å². The van der Waals surface area contributed by atoms with Crippen molar-refractivity contribution >= 4 is 40.3 Å². The summed E-state index contributed by atoms with van der Waals surface area (Å²) in [6.07, 6.45) is 3.68. The number of halogens is 1. The molecule has 0 fully saturated rings. The van der Waals surface area contributed by atoms with Gasteiger partial charge in [0.05, 0.1) is 18.4 Å². The van der Waals surface area contributed by atoms with Crippen molar-refractivity contribution in [2.45, 2.75) is 20.4 Å². The zero-order valence-corrected chi connectivity index (χ0v) is 15.7. The molecule has 2 aromatic carbocycles. The molecule has 0 spiro atoms. The van der Waals surface area contributed by atoms with Gasteiger partial charge in [-0.05, 0) is 55.4 Å². The second kappa shape index (κ2) is 7.68. The van der Waals surface area contributed by atoms with Crippen LogP contribution >= 0.6 is 23.8 Å². The van der Waals surface area contributed by atoms with E-state index in [2.05, 4.69) is 41.7 Å². The molecule has 0 aliphatic heterocycles. The van der Waals surface area contributed by atoms with E-state index in [-0.39, 0.29) is 0 Å². The van der Waals surface area contributed by atoms with Gasteiger partial charge in [0.15, 0.2) is 5.11 Å². The van der Waals surface area contributed by atoms with Gasteiger partial charge in [-0.1, -0.05) is 41.4 Å². The van der Waals surface area contributed by atoms with E-state index < -0.39 is 0 Å². The standard InChI is InChI=1S/C19H19ClN4S/c1-13-3-8-18(14(2)9-13)23-19(25)22-17-10-21-24(12-17)11-15-4-6-16(20)7-5-15/h3-10,12H,11H2,1-2H3,(H2,22,23,25). The van der Waals surface area contributed by atoms with Crippen LogP contribution in [0.5, 0.6) is 0 Å². The molecule has 1 aromatic heterocycles. The number of nitrogens with one attached hydrogen (secondary N) is 2. The number of rotatable bonds is 4. The van der Waals surface area contributed by atoms with E-state index in [1.165, 1.54) is 5.56 Å². The Labute approximate surface area is 157 Å². The van der Waals surface area contributed by atoms with Crippen molar-refractivity contribution in [1.82, 2.24) is 9.78 Å². The fourth-order valence-corrected chi connectivity index (χ4v) is 2.88. The number of hydrogen-bond donors (Lipinski definition) is 2. The van der Waals surface area contributed by atoms with Crippen molar-refractivity contribution in [1.29, 1.82) is 0 Å². The highest BCUT2D eigenvalue weighted by molar-refractivity contribution is 7.80. The summed E-state index contributed by atoms with van der Waals surface area (Å²) >= 11 is 11.3. The summed E-state index contributed by atoms with van der Waals surface area (Å²) < 4.78 is 1.85. The predicted octanol–water partition coefficient (Wildman–Crippen LogP) is 5.01. The Bertz CT molecular complexity index is 887. The van der Waals surface area contributed by atoms with Gasteiger partial charge in [0, 0.05) is 16.9 Å². The highest BCUT2D eigenvalue weighted by atomic mass is 35.5. The van der Waals surface area contributed by atoms with Crippen LogP contribution < -0.4 is 10.6 Å². The van der Waals surface area contributed by atoms with Gasteiger partial charge in [-0.3, -0.25) is 4.68 Å². The summed E-state index contributed by atoms with van der Waals surface area (Å²) in [5.41, 5.74) is 5.36. The summed E-state index contributed by atoms with van der Waals surface area (Å²) in [7, 11) is 0. The number of nitrogens with zero attached hydrogens (tertiary/aromatic N) is 2. The predicted molar refractivity (Wildman–Crippen MR) is 109 cm³/mol. The van der Waals surface area contributed by atoms with Crippen LogP contribution in [0.2, 0.25) is 5.02 Å². The Morgan fingerprint density at radius 1 is 1.12 bits per heavy atom. The van der Waals surface area contributed by atoms with E-state index in [1.54, 1.807) is 6.20 Å². The molecule has 3 aromatic rings. The Balaban J connectivity index is 1.60. The number of benzene rings is 2. The fourth-order valence-electron chi connectivity index (χ4n) is 2.53. The zero-order chi connectivity index (χ0) is 17.8. The number of thiocarbonyl (C=S) groups is 1. The average Bonchev–Trinajstić information content (AvgIpc) is 2.99. The van der Waals surface area contributed by atoms with E-state index in [1.807, 2.05) is 41.2 Å². The third kappa shape index (κ3) is 4.81. The SMILES string of the molecule is Cc1ccc(NC(=S)Nc2cnn(Cc3ccc(Cl)cc3)c2)c(C)c1. The maximum atomic E-state index is 5.91. The fraction of sp³-hybridized carbons (Fsp3) is 0.158. The molecule has 0 saturated carbocycles. The van der Waals surface area contributed by atoms with Crippen LogP contribution in [0.1, 0.15) is 16.7 Å². The van der Waals surface area contributed by atoms with Gasteiger partial charge >= 0.3 is 0 Å². The minimum Gasteiger partial charge on any atom is -0.332 e. The summed E-state index contributed by atoms with van der Waals surface area (Å²) in [6, 6.07) is 13.9. The first kappa shape index (κ1) is 17.5. The van der Waals surface area contributed by atoms with Crippen molar-refractivity contribution in [3.05, 3.63) is 76.6 Å². The first-order valence-corrected chi connectivity index (χ1v) is 8.70. The smallest absolute Gasteiger partial charge is 0.175 e. The molecule has 1 heterocycles. The maximum Gasteiger partial charge on any atom is 0.175 e.